The molecule has 2 aromatic heterocycles. The second kappa shape index (κ2) is 4.98. The molecule has 0 spiro atoms. The van der Waals surface area contributed by atoms with E-state index in [0.717, 1.165) is 11.1 Å². The molecule has 0 aliphatic heterocycles. The van der Waals surface area contributed by atoms with Crippen LogP contribution in [0.15, 0.2) is 48.8 Å². The smallest absolute Gasteiger partial charge is 0.223 e. The fourth-order valence-corrected chi connectivity index (χ4v) is 2.05. The molecular weight excluding hydrogens is 274 g/mol. The molecule has 0 fully saturated rings. The van der Waals surface area contributed by atoms with Gasteiger partial charge in [-0.25, -0.2) is 4.98 Å². The number of benzene rings is 1. The summed E-state index contributed by atoms with van der Waals surface area (Å²) in [6.45, 7) is 1.96. The maximum Gasteiger partial charge on any atom is 0.223 e. The molecule has 0 saturated carbocycles. The van der Waals surface area contributed by atoms with Crippen LogP contribution in [0.4, 0.5) is 0 Å². The predicted molar refractivity (Wildman–Crippen MR) is 78.2 cm³/mol. The fourth-order valence-electron chi connectivity index (χ4n) is 1.93. The van der Waals surface area contributed by atoms with Gasteiger partial charge in [-0.15, -0.1) is 0 Å². The predicted octanol–water partition coefficient (Wildman–Crippen LogP) is 3.60. The lowest BCUT2D eigenvalue weighted by molar-refractivity contribution is 0.433. The number of halogens is 1. The van der Waals surface area contributed by atoms with Crippen LogP contribution in [-0.2, 0) is 0 Å². The second-order valence-corrected chi connectivity index (χ2v) is 4.93. The molecule has 5 heteroatoms. The molecule has 0 amide bonds. The maximum absolute atomic E-state index is 10.3. The summed E-state index contributed by atoms with van der Waals surface area (Å²) in [7, 11) is 0. The van der Waals surface area contributed by atoms with Gasteiger partial charge in [-0.05, 0) is 36.2 Å². The van der Waals surface area contributed by atoms with Gasteiger partial charge in [0.2, 0.25) is 5.88 Å². The van der Waals surface area contributed by atoms with Gasteiger partial charge in [0.05, 0.1) is 11.8 Å². The monoisotopic (exact) mass is 285 g/mol. The first kappa shape index (κ1) is 12.7. The first-order valence-electron chi connectivity index (χ1n) is 6.11. The Morgan fingerprint density at radius 2 is 1.80 bits per heavy atom. The highest BCUT2D eigenvalue weighted by molar-refractivity contribution is 6.30. The minimum atomic E-state index is 0.0590. The van der Waals surface area contributed by atoms with Crippen LogP contribution in [-0.4, -0.2) is 19.9 Å². The highest BCUT2D eigenvalue weighted by atomic mass is 35.5. The average molecular weight is 286 g/mol. The summed E-state index contributed by atoms with van der Waals surface area (Å²) in [5.74, 6) is 0.636. The first-order chi connectivity index (χ1) is 9.65. The lowest BCUT2D eigenvalue weighted by Crippen LogP contribution is -1.98. The second-order valence-electron chi connectivity index (χ2n) is 4.49. The van der Waals surface area contributed by atoms with E-state index in [1.165, 1.54) is 4.68 Å². The van der Waals surface area contributed by atoms with Crippen molar-refractivity contribution in [1.82, 2.24) is 14.8 Å². The lowest BCUT2D eigenvalue weighted by Gasteiger charge is -2.03. The van der Waals surface area contributed by atoms with Crippen molar-refractivity contribution in [2.24, 2.45) is 0 Å². The maximum atomic E-state index is 10.3. The molecule has 0 bridgehead atoms. The summed E-state index contributed by atoms with van der Waals surface area (Å²) in [5, 5.41) is 15.1. The van der Waals surface area contributed by atoms with E-state index in [2.05, 4.69) is 10.1 Å². The van der Waals surface area contributed by atoms with Crippen LogP contribution < -0.4 is 0 Å². The molecule has 0 aliphatic rings. The van der Waals surface area contributed by atoms with Crippen molar-refractivity contribution in [2.45, 2.75) is 6.92 Å². The van der Waals surface area contributed by atoms with Crippen molar-refractivity contribution in [3.05, 3.63) is 59.4 Å². The molecule has 0 radical (unpaired) electrons. The molecule has 3 rings (SSSR count). The molecule has 1 N–H and O–H groups in total. The molecule has 0 aliphatic carbocycles. The van der Waals surface area contributed by atoms with E-state index < -0.39 is 0 Å². The van der Waals surface area contributed by atoms with Crippen molar-refractivity contribution < 1.29 is 5.11 Å². The first-order valence-corrected chi connectivity index (χ1v) is 6.49. The zero-order valence-electron chi connectivity index (χ0n) is 10.8. The van der Waals surface area contributed by atoms with Crippen LogP contribution in [0, 0.1) is 6.92 Å². The zero-order valence-corrected chi connectivity index (χ0v) is 11.5. The third-order valence-corrected chi connectivity index (χ3v) is 3.26. The summed E-state index contributed by atoms with van der Waals surface area (Å²) < 4.78 is 1.41. The van der Waals surface area contributed by atoms with Crippen LogP contribution in [0.5, 0.6) is 5.88 Å². The molecular formula is C15H12ClN3O. The van der Waals surface area contributed by atoms with Crippen LogP contribution in [0.2, 0.25) is 5.02 Å². The van der Waals surface area contributed by atoms with Gasteiger partial charge in [0.25, 0.3) is 0 Å². The van der Waals surface area contributed by atoms with Gasteiger partial charge in [0, 0.05) is 11.2 Å². The lowest BCUT2D eigenvalue weighted by atomic mass is 10.1. The molecule has 100 valence electrons. The van der Waals surface area contributed by atoms with E-state index in [0.29, 0.717) is 16.4 Å². The normalized spacial score (nSPS) is 10.7. The highest BCUT2D eigenvalue weighted by Gasteiger charge is 2.13. The topological polar surface area (TPSA) is 50.9 Å². The number of aromatic hydroxyl groups is 1. The number of rotatable bonds is 2. The van der Waals surface area contributed by atoms with Crippen molar-refractivity contribution in [1.29, 1.82) is 0 Å². The summed E-state index contributed by atoms with van der Waals surface area (Å²) in [6, 6.07) is 11.0. The highest BCUT2D eigenvalue weighted by Crippen LogP contribution is 2.31. The Bertz CT molecular complexity index is 670. The third kappa shape index (κ3) is 2.26. The Kier molecular flexibility index (Phi) is 3.16. The molecule has 20 heavy (non-hydrogen) atoms. The van der Waals surface area contributed by atoms with Gasteiger partial charge in [-0.3, -0.25) is 0 Å². The third-order valence-electron chi connectivity index (χ3n) is 3.01. The van der Waals surface area contributed by atoms with Crippen LogP contribution >= 0.6 is 11.6 Å². The molecule has 0 saturated heterocycles. The van der Waals surface area contributed by atoms with Gasteiger partial charge in [0.15, 0.2) is 5.82 Å². The minimum Gasteiger partial charge on any atom is -0.493 e. The van der Waals surface area contributed by atoms with Gasteiger partial charge in [-0.2, -0.15) is 9.78 Å². The van der Waals surface area contributed by atoms with Crippen molar-refractivity contribution in [2.75, 3.05) is 0 Å². The van der Waals surface area contributed by atoms with Gasteiger partial charge in [0.1, 0.15) is 0 Å². The molecule has 0 atom stereocenters. The van der Waals surface area contributed by atoms with E-state index >= 15 is 0 Å². The SMILES string of the molecule is Cc1ccc(-n2ncc(-c3ccc(Cl)cc3)c2O)nc1. The van der Waals surface area contributed by atoms with Crippen molar-refractivity contribution in [3.63, 3.8) is 0 Å². The summed E-state index contributed by atoms with van der Waals surface area (Å²) in [6.07, 6.45) is 3.35. The standard InChI is InChI=1S/C15H12ClN3O/c1-10-2-7-14(17-8-10)19-15(20)13(9-18-19)11-3-5-12(16)6-4-11/h2-9,20H,1H3. The van der Waals surface area contributed by atoms with Crippen LogP contribution in [0.25, 0.3) is 16.9 Å². The van der Waals surface area contributed by atoms with Crippen molar-refractivity contribution in [3.8, 4) is 22.8 Å². The molecule has 3 aromatic rings. The Labute approximate surface area is 121 Å². The number of pyridine rings is 1. The molecule has 4 nitrogen and oxygen atoms in total. The Hall–Kier alpha value is -2.33. The molecule has 0 unspecified atom stereocenters. The summed E-state index contributed by atoms with van der Waals surface area (Å²) in [4.78, 5) is 4.25. The van der Waals surface area contributed by atoms with E-state index in [4.69, 9.17) is 11.6 Å². The van der Waals surface area contributed by atoms with E-state index in [1.807, 2.05) is 31.2 Å². The van der Waals surface area contributed by atoms with Gasteiger partial charge >= 0.3 is 0 Å². The number of aromatic nitrogens is 3. The van der Waals surface area contributed by atoms with E-state index in [9.17, 15) is 5.11 Å². The quantitative estimate of drug-likeness (QED) is 0.782. The van der Waals surface area contributed by atoms with E-state index in [1.54, 1.807) is 24.5 Å². The number of hydrogen-bond acceptors (Lipinski definition) is 3. The van der Waals surface area contributed by atoms with Gasteiger partial charge in [-0.1, -0.05) is 29.8 Å². The Balaban J connectivity index is 2.04. The zero-order chi connectivity index (χ0) is 14.1. The number of aryl methyl sites for hydroxylation is 1. The average Bonchev–Trinajstić information content (AvgIpc) is 2.83. The van der Waals surface area contributed by atoms with Gasteiger partial charge < -0.3 is 5.11 Å². The molecule has 1 aromatic carbocycles. The fraction of sp³-hybridized carbons (Fsp3) is 0.0667. The molecule has 2 heterocycles. The Morgan fingerprint density at radius 3 is 2.45 bits per heavy atom. The minimum absolute atomic E-state index is 0.0590. The summed E-state index contributed by atoms with van der Waals surface area (Å²) in [5.41, 5.74) is 2.55. The number of hydrogen-bond donors (Lipinski definition) is 1. The Morgan fingerprint density at radius 1 is 1.05 bits per heavy atom. The number of nitrogens with zero attached hydrogens (tertiary/aromatic N) is 3. The van der Waals surface area contributed by atoms with Crippen LogP contribution in [0.1, 0.15) is 5.56 Å². The van der Waals surface area contributed by atoms with E-state index in [-0.39, 0.29) is 5.88 Å². The largest absolute Gasteiger partial charge is 0.493 e. The van der Waals surface area contributed by atoms with Crippen LogP contribution in [0.3, 0.4) is 0 Å². The van der Waals surface area contributed by atoms with Crippen molar-refractivity contribution >= 4 is 11.6 Å². The summed E-state index contributed by atoms with van der Waals surface area (Å²) >= 11 is 5.86.